The lowest BCUT2D eigenvalue weighted by molar-refractivity contribution is -0.613. The van der Waals surface area contributed by atoms with Crippen LogP contribution in [0.5, 0.6) is 0 Å². The van der Waals surface area contributed by atoms with Crippen molar-refractivity contribution < 1.29 is 48.9 Å². The number of fused-ring (bicyclic) bond motifs is 4. The number of carbonyl (C=O) groups excluding carboxylic acids is 1. The highest BCUT2D eigenvalue weighted by atomic mass is 32.2. The van der Waals surface area contributed by atoms with Gasteiger partial charge in [0.2, 0.25) is 5.03 Å². The molecule has 0 fully saturated rings. The molecule has 4 N–H and O–H groups in total. The number of nitrogen functional groups attached to an aromatic ring is 1. The summed E-state index contributed by atoms with van der Waals surface area (Å²) in [5, 5.41) is 20.7. The first-order chi connectivity index (χ1) is 30.9. The van der Waals surface area contributed by atoms with Crippen LogP contribution in [0.25, 0.3) is 0 Å². The lowest BCUT2D eigenvalue weighted by Crippen LogP contribution is -2.51. The molecular weight excluding hydrogens is 893 g/mol. The Morgan fingerprint density at radius 3 is 1.68 bits per heavy atom. The van der Waals surface area contributed by atoms with Crippen LogP contribution in [0, 0.1) is 0 Å². The number of pyridine rings is 1. The molecule has 0 spiro atoms. The van der Waals surface area contributed by atoms with Crippen LogP contribution in [0.1, 0.15) is 70.2 Å². The molecule has 0 saturated carbocycles. The molecule has 0 unspecified atom stereocenters. The van der Waals surface area contributed by atoms with Crippen molar-refractivity contribution in [2.24, 2.45) is 4.40 Å². The number of urea groups is 1. The van der Waals surface area contributed by atoms with Gasteiger partial charge in [-0.1, -0.05) is 12.1 Å². The first kappa shape index (κ1) is 46.9. The third kappa shape index (κ3) is 11.1. The number of sulfonamides is 2. The van der Waals surface area contributed by atoms with E-state index in [9.17, 15) is 44.3 Å². The number of nitrogens with one attached hydrogen (secondary N) is 2. The van der Waals surface area contributed by atoms with Crippen molar-refractivity contribution in [3.8, 4) is 0 Å². The van der Waals surface area contributed by atoms with Gasteiger partial charge in [-0.25, -0.2) is 31.6 Å². The Morgan fingerprint density at radius 2 is 1.20 bits per heavy atom. The number of aryl methyl sites for hydroxylation is 4. The minimum absolute atomic E-state index is 0.480. The Balaban J connectivity index is 0.000000154. The number of rotatable bonds is 10. The minimum atomic E-state index is -4.38. The van der Waals surface area contributed by atoms with Gasteiger partial charge in [0.05, 0.1) is 12.4 Å². The molecule has 4 aliphatic carbocycles. The van der Waals surface area contributed by atoms with Crippen LogP contribution >= 0.6 is 0 Å². The van der Waals surface area contributed by atoms with Crippen molar-refractivity contribution in [2.75, 3.05) is 30.0 Å². The number of carbonyl (C=O) groups is 1. The highest BCUT2D eigenvalue weighted by molar-refractivity contribution is 7.90. The maximum Gasteiger partial charge on any atom is 0.388 e. The van der Waals surface area contributed by atoms with Crippen molar-refractivity contribution >= 4 is 49.2 Å². The molecule has 16 nitrogen and oxygen atoms in total. The van der Waals surface area contributed by atoms with Crippen LogP contribution in [0.2, 0.25) is 0 Å². The quantitative estimate of drug-likeness (QED) is 0.0593. The molecule has 348 valence electrons. The number of aromatic nitrogens is 5. The first-order valence-corrected chi connectivity index (χ1v) is 24.1. The summed E-state index contributed by atoms with van der Waals surface area (Å²) in [5.41, 5.74) is 19.5. The Bertz CT molecular complexity index is 2750. The summed E-state index contributed by atoms with van der Waals surface area (Å²) in [6.07, 6.45) is 12.8. The van der Waals surface area contributed by atoms with E-state index in [-0.39, 0.29) is 0 Å². The summed E-state index contributed by atoms with van der Waals surface area (Å²) in [4.78, 5) is 14.2. The first-order valence-electron chi connectivity index (χ1n) is 21.1. The largest absolute Gasteiger partial charge is 0.806 e. The summed E-state index contributed by atoms with van der Waals surface area (Å²) >= 11 is 0. The van der Waals surface area contributed by atoms with Crippen LogP contribution < -0.4 is 30.3 Å². The second kappa shape index (κ2) is 19.6. The van der Waals surface area contributed by atoms with Gasteiger partial charge in [-0.15, -0.1) is 0 Å². The van der Waals surface area contributed by atoms with E-state index >= 15 is 0 Å². The van der Waals surface area contributed by atoms with Gasteiger partial charge in [0.15, 0.2) is 5.03 Å². The Morgan fingerprint density at radius 1 is 0.754 bits per heavy atom. The zero-order valence-corrected chi connectivity index (χ0v) is 37.4. The highest BCUT2D eigenvalue weighted by Crippen LogP contribution is 2.39. The average molecular weight is 943 g/mol. The number of hydrogen-bond acceptors (Lipinski definition) is 10. The Hall–Kier alpha value is -6.03. The van der Waals surface area contributed by atoms with E-state index in [0.717, 1.165) is 105 Å². The van der Waals surface area contributed by atoms with E-state index in [1.54, 1.807) is 17.0 Å². The Kier molecular flexibility index (Phi) is 14.2. The zero-order valence-electron chi connectivity index (χ0n) is 35.8. The van der Waals surface area contributed by atoms with Gasteiger partial charge in [0.25, 0.3) is 28.9 Å². The second-order valence-electron chi connectivity index (χ2n) is 16.3. The third-order valence-corrected chi connectivity index (χ3v) is 14.0. The molecule has 0 saturated heterocycles. The molecule has 2 aromatic carbocycles. The van der Waals surface area contributed by atoms with Crippen molar-refractivity contribution in [1.82, 2.24) is 24.3 Å². The highest BCUT2D eigenvalue weighted by Gasteiger charge is 2.28. The maximum atomic E-state index is 12.4. The van der Waals surface area contributed by atoms with Gasteiger partial charge in [-0.2, -0.15) is 27.0 Å². The number of amides is 2. The van der Waals surface area contributed by atoms with Gasteiger partial charge in [-0.3, -0.25) is 9.36 Å². The van der Waals surface area contributed by atoms with E-state index in [4.69, 9.17) is 5.73 Å². The summed E-state index contributed by atoms with van der Waals surface area (Å²) in [6, 6.07) is 8.02. The monoisotopic (exact) mass is 942 g/mol. The van der Waals surface area contributed by atoms with Crippen molar-refractivity contribution in [3.05, 3.63) is 106 Å². The number of nitrogens with two attached hydrogens (primary N) is 1. The smallest absolute Gasteiger partial charge is 0.388 e. The van der Waals surface area contributed by atoms with E-state index in [0.29, 0.717) is 0 Å². The third-order valence-electron chi connectivity index (χ3n) is 11.6. The summed E-state index contributed by atoms with van der Waals surface area (Å²) in [6.45, 7) is -1.46. The maximum absolute atomic E-state index is 12.4. The van der Waals surface area contributed by atoms with Gasteiger partial charge < -0.3 is 21.1 Å². The molecule has 4 aliphatic rings. The van der Waals surface area contributed by atoms with E-state index in [2.05, 4.69) is 32.0 Å². The fourth-order valence-corrected chi connectivity index (χ4v) is 10.3. The molecule has 9 rings (SSSR count). The lowest BCUT2D eigenvalue weighted by atomic mass is 9.99. The number of hydrogen-bond donors (Lipinski definition) is 3. The van der Waals surface area contributed by atoms with E-state index in [1.807, 2.05) is 18.8 Å². The molecule has 5 aromatic rings. The molecule has 65 heavy (non-hydrogen) atoms. The second-order valence-corrected chi connectivity index (χ2v) is 19.5. The molecule has 22 heteroatoms. The minimum Gasteiger partial charge on any atom is -0.806 e. The number of benzene rings is 2. The van der Waals surface area contributed by atoms with Crippen LogP contribution in [-0.2, 0) is 84.5 Å². The van der Waals surface area contributed by atoms with Crippen LogP contribution in [0.4, 0.5) is 39.4 Å². The van der Waals surface area contributed by atoms with Crippen LogP contribution in [-0.4, -0.2) is 75.4 Å². The number of nitrogens with zero attached hydrogens (tertiary/aromatic N) is 7. The van der Waals surface area contributed by atoms with E-state index in [1.165, 1.54) is 84.3 Å². The number of alkyl halides is 4. The molecule has 0 radical (unpaired) electrons. The molecule has 0 atom stereocenters. The number of halogens is 4. The predicted octanol–water partition coefficient (Wildman–Crippen LogP) is 4.34. The van der Waals surface area contributed by atoms with Crippen molar-refractivity contribution in [1.29, 1.82) is 0 Å². The van der Waals surface area contributed by atoms with Gasteiger partial charge in [0.1, 0.15) is 13.1 Å². The Labute approximate surface area is 374 Å². The van der Waals surface area contributed by atoms with Crippen LogP contribution in [0.15, 0.2) is 75.6 Å². The molecule has 2 amide bonds. The zero-order chi connectivity index (χ0) is 46.6. The topological polar surface area (TPSA) is 214 Å². The fourth-order valence-electron chi connectivity index (χ4n) is 8.64. The van der Waals surface area contributed by atoms with Crippen molar-refractivity contribution in [3.63, 3.8) is 0 Å². The predicted molar refractivity (Wildman–Crippen MR) is 232 cm³/mol. The van der Waals surface area contributed by atoms with Crippen molar-refractivity contribution in [2.45, 2.75) is 113 Å². The average Bonchev–Trinajstić information content (AvgIpc) is 4.10. The molecular formula is C43H50F4N10O6S2. The normalized spacial score (nSPS) is 15.1. The van der Waals surface area contributed by atoms with Gasteiger partial charge >= 0.3 is 16.1 Å². The fraction of sp³-hybridized carbons (Fsp3) is 0.419. The van der Waals surface area contributed by atoms with Gasteiger partial charge in [0, 0.05) is 60.1 Å². The molecule has 0 aliphatic heterocycles. The van der Waals surface area contributed by atoms with E-state index < -0.39 is 68.1 Å². The summed E-state index contributed by atoms with van der Waals surface area (Å²) < 4.78 is 106. The van der Waals surface area contributed by atoms with Crippen LogP contribution in [0.3, 0.4) is 0 Å². The number of anilines is 3. The summed E-state index contributed by atoms with van der Waals surface area (Å²) in [5.74, 6) is 0. The SMILES string of the molecule is CN(C)c1cc[n+](C([O-])=NS(=O)(=O)c2ccn(CC(F)F)n2)cc1.Nc1c2c(cc3c1CCC3)CCC2.O=C(Nc1c2c(cc3c1CCC3)CCC2)NS(=O)(=O)c1ccn(CC(F)F)n1. The lowest BCUT2D eigenvalue weighted by Gasteiger charge is -2.16. The summed E-state index contributed by atoms with van der Waals surface area (Å²) in [7, 11) is -5.02. The van der Waals surface area contributed by atoms with Gasteiger partial charge in [-0.05, 0) is 134 Å². The molecule has 0 bridgehead atoms. The molecule has 3 heterocycles. The molecule has 3 aromatic heterocycles. The standard InChI is InChI=1S/C18H20F2N4O3S.C13H15F2N5O3S.C12H15N/c19-15(20)10-24-8-7-16(22-24)28(26,27)23-18(25)21-17-13-5-1-3-11(13)9-12-4-2-6-14(12)17;1-18(2)10-3-6-19(7-4-10)13(21)17-24(22,23)12-5-8-20(16-12)9-11(14)15;13-12-10-5-1-3-8(10)7-9-4-2-6-11(9)12/h7-9,15H,1-6,10H2,(H2,21,23,25);3-8,11H,9H2,1-2H3;7H,1-6,13H2.